The van der Waals surface area contributed by atoms with Gasteiger partial charge in [0.1, 0.15) is 0 Å². The van der Waals surface area contributed by atoms with Crippen molar-refractivity contribution in [2.75, 3.05) is 13.1 Å². The van der Waals surface area contributed by atoms with Gasteiger partial charge in [0.2, 0.25) is 11.8 Å². The van der Waals surface area contributed by atoms with Crippen molar-refractivity contribution in [2.24, 2.45) is 11.8 Å². The minimum atomic E-state index is 0.0210. The number of nitrogens with zero attached hydrogens (tertiary/aromatic N) is 1. The summed E-state index contributed by atoms with van der Waals surface area (Å²) in [7, 11) is 0. The van der Waals surface area contributed by atoms with Crippen LogP contribution in [0.25, 0.3) is 0 Å². The van der Waals surface area contributed by atoms with Crippen molar-refractivity contribution >= 4 is 11.8 Å². The fourth-order valence-corrected chi connectivity index (χ4v) is 3.89. The summed E-state index contributed by atoms with van der Waals surface area (Å²) in [4.78, 5) is 27.4. The third-order valence-corrected chi connectivity index (χ3v) is 5.40. The maximum Gasteiger partial charge on any atom is 0.225 e. The summed E-state index contributed by atoms with van der Waals surface area (Å²) in [6.45, 7) is 7.95. The zero-order valence-electron chi connectivity index (χ0n) is 16.5. The Bertz CT molecular complexity index is 559. The number of amides is 2. The molecule has 0 saturated heterocycles. The molecule has 0 spiro atoms. The Kier molecular flexibility index (Phi) is 8.14. The van der Waals surface area contributed by atoms with Gasteiger partial charge in [0.05, 0.1) is 6.04 Å². The smallest absolute Gasteiger partial charge is 0.225 e. The summed E-state index contributed by atoms with van der Waals surface area (Å²) < 4.78 is 0. The van der Waals surface area contributed by atoms with Gasteiger partial charge in [-0.15, -0.1) is 0 Å². The van der Waals surface area contributed by atoms with Crippen molar-refractivity contribution in [1.82, 2.24) is 10.2 Å². The van der Waals surface area contributed by atoms with Crippen LogP contribution in [0.3, 0.4) is 0 Å². The van der Waals surface area contributed by atoms with E-state index in [0.29, 0.717) is 5.91 Å². The number of nitrogens with one attached hydrogen (secondary N) is 1. The van der Waals surface area contributed by atoms with Crippen molar-refractivity contribution in [3.63, 3.8) is 0 Å². The first-order chi connectivity index (χ1) is 12.6. The predicted octanol–water partition coefficient (Wildman–Crippen LogP) is 4.32. The molecule has 1 aromatic carbocycles. The van der Waals surface area contributed by atoms with E-state index in [4.69, 9.17) is 0 Å². The Hall–Kier alpha value is -1.84. The quantitative estimate of drug-likeness (QED) is 0.752. The maximum absolute atomic E-state index is 12.7. The SMILES string of the molecule is CCCN(CCC)C(=O)C1CCC(C(=O)NC(C)c2ccccc2)CC1. The Labute approximate surface area is 158 Å². The van der Waals surface area contributed by atoms with Crippen LogP contribution < -0.4 is 5.32 Å². The molecule has 1 atom stereocenters. The molecule has 0 bridgehead atoms. The van der Waals surface area contributed by atoms with Crippen molar-refractivity contribution in [1.29, 1.82) is 0 Å². The van der Waals surface area contributed by atoms with E-state index in [-0.39, 0.29) is 23.8 Å². The normalized spacial score (nSPS) is 21.0. The van der Waals surface area contributed by atoms with E-state index in [2.05, 4.69) is 19.2 Å². The standard InChI is InChI=1S/C22H34N2O2/c1-4-15-24(16-5-2)22(26)20-13-11-19(12-14-20)21(25)23-17(3)18-9-7-6-8-10-18/h6-10,17,19-20H,4-5,11-16H2,1-3H3,(H,23,25). The minimum absolute atomic E-state index is 0.0210. The van der Waals surface area contributed by atoms with Gasteiger partial charge in [-0.2, -0.15) is 0 Å². The van der Waals surface area contributed by atoms with Crippen LogP contribution in [0.5, 0.6) is 0 Å². The lowest BCUT2D eigenvalue weighted by Crippen LogP contribution is -2.40. The van der Waals surface area contributed by atoms with Gasteiger partial charge >= 0.3 is 0 Å². The molecule has 1 fully saturated rings. The summed E-state index contributed by atoms with van der Waals surface area (Å²) in [5, 5.41) is 3.14. The molecule has 2 rings (SSSR count). The van der Waals surface area contributed by atoms with Crippen LogP contribution in [0.15, 0.2) is 30.3 Å². The predicted molar refractivity (Wildman–Crippen MR) is 106 cm³/mol. The van der Waals surface area contributed by atoms with E-state index in [0.717, 1.165) is 57.2 Å². The molecule has 1 unspecified atom stereocenters. The molecule has 4 nitrogen and oxygen atoms in total. The molecular weight excluding hydrogens is 324 g/mol. The number of benzene rings is 1. The summed E-state index contributed by atoms with van der Waals surface area (Å²) in [5.74, 6) is 0.566. The maximum atomic E-state index is 12.7. The number of hydrogen-bond donors (Lipinski definition) is 1. The molecule has 0 aromatic heterocycles. The van der Waals surface area contributed by atoms with Gasteiger partial charge in [-0.1, -0.05) is 44.2 Å². The van der Waals surface area contributed by atoms with E-state index in [1.165, 1.54) is 0 Å². The molecule has 2 amide bonds. The third-order valence-electron chi connectivity index (χ3n) is 5.40. The van der Waals surface area contributed by atoms with Crippen molar-refractivity contribution in [3.05, 3.63) is 35.9 Å². The second-order valence-corrected chi connectivity index (χ2v) is 7.51. The van der Waals surface area contributed by atoms with E-state index in [1.807, 2.05) is 42.2 Å². The van der Waals surface area contributed by atoms with Gasteiger partial charge in [-0.3, -0.25) is 9.59 Å². The lowest BCUT2D eigenvalue weighted by molar-refractivity contribution is -0.138. The monoisotopic (exact) mass is 358 g/mol. The zero-order valence-corrected chi connectivity index (χ0v) is 16.5. The highest BCUT2D eigenvalue weighted by molar-refractivity contribution is 5.81. The van der Waals surface area contributed by atoms with Gasteiger partial charge in [-0.05, 0) is 51.0 Å². The molecule has 1 N–H and O–H groups in total. The van der Waals surface area contributed by atoms with E-state index >= 15 is 0 Å². The van der Waals surface area contributed by atoms with Crippen LogP contribution in [-0.2, 0) is 9.59 Å². The Balaban J connectivity index is 1.83. The fourth-order valence-electron chi connectivity index (χ4n) is 3.89. The summed E-state index contributed by atoms with van der Waals surface area (Å²) in [6, 6.07) is 10.1. The molecular formula is C22H34N2O2. The fraction of sp³-hybridized carbons (Fsp3) is 0.636. The molecule has 1 aliphatic carbocycles. The number of carbonyl (C=O) groups excluding carboxylic acids is 2. The average Bonchev–Trinajstić information content (AvgIpc) is 2.68. The minimum Gasteiger partial charge on any atom is -0.349 e. The first kappa shape index (κ1) is 20.5. The van der Waals surface area contributed by atoms with Crippen LogP contribution in [0.4, 0.5) is 0 Å². The second kappa shape index (κ2) is 10.3. The lowest BCUT2D eigenvalue weighted by Gasteiger charge is -2.32. The zero-order chi connectivity index (χ0) is 18.9. The number of rotatable bonds is 8. The summed E-state index contributed by atoms with van der Waals surface area (Å²) in [6.07, 6.45) is 5.30. The molecule has 144 valence electrons. The first-order valence-electron chi connectivity index (χ1n) is 10.2. The molecule has 4 heteroatoms. The van der Waals surface area contributed by atoms with Crippen molar-refractivity contribution < 1.29 is 9.59 Å². The molecule has 1 aromatic rings. The number of hydrogen-bond acceptors (Lipinski definition) is 2. The Morgan fingerprint density at radius 2 is 1.54 bits per heavy atom. The average molecular weight is 359 g/mol. The Morgan fingerprint density at radius 3 is 2.08 bits per heavy atom. The molecule has 1 aliphatic rings. The van der Waals surface area contributed by atoms with Crippen molar-refractivity contribution in [3.8, 4) is 0 Å². The number of carbonyl (C=O) groups is 2. The van der Waals surface area contributed by atoms with E-state index in [1.54, 1.807) is 0 Å². The van der Waals surface area contributed by atoms with Gasteiger partial charge < -0.3 is 10.2 Å². The summed E-state index contributed by atoms with van der Waals surface area (Å²) >= 11 is 0. The van der Waals surface area contributed by atoms with Gasteiger partial charge in [0.15, 0.2) is 0 Å². The third kappa shape index (κ3) is 5.58. The van der Waals surface area contributed by atoms with Crippen LogP contribution >= 0.6 is 0 Å². The van der Waals surface area contributed by atoms with Crippen LogP contribution in [0.1, 0.15) is 70.9 Å². The Morgan fingerprint density at radius 1 is 1.00 bits per heavy atom. The van der Waals surface area contributed by atoms with Gasteiger partial charge in [0.25, 0.3) is 0 Å². The topological polar surface area (TPSA) is 49.4 Å². The highest BCUT2D eigenvalue weighted by atomic mass is 16.2. The van der Waals surface area contributed by atoms with Crippen molar-refractivity contribution in [2.45, 2.75) is 65.3 Å². The molecule has 0 radical (unpaired) electrons. The second-order valence-electron chi connectivity index (χ2n) is 7.51. The lowest BCUT2D eigenvalue weighted by atomic mass is 9.80. The molecule has 26 heavy (non-hydrogen) atoms. The van der Waals surface area contributed by atoms with Crippen LogP contribution in [-0.4, -0.2) is 29.8 Å². The first-order valence-corrected chi connectivity index (χ1v) is 10.2. The van der Waals surface area contributed by atoms with E-state index in [9.17, 15) is 9.59 Å². The van der Waals surface area contributed by atoms with Crippen LogP contribution in [0.2, 0.25) is 0 Å². The molecule has 0 aliphatic heterocycles. The van der Waals surface area contributed by atoms with Crippen LogP contribution in [0, 0.1) is 11.8 Å². The molecule has 1 saturated carbocycles. The highest BCUT2D eigenvalue weighted by Crippen LogP contribution is 2.31. The highest BCUT2D eigenvalue weighted by Gasteiger charge is 2.32. The largest absolute Gasteiger partial charge is 0.349 e. The van der Waals surface area contributed by atoms with Gasteiger partial charge in [-0.25, -0.2) is 0 Å². The molecule has 0 heterocycles. The van der Waals surface area contributed by atoms with E-state index < -0.39 is 0 Å². The summed E-state index contributed by atoms with van der Waals surface area (Å²) in [5.41, 5.74) is 1.12. The van der Waals surface area contributed by atoms with Gasteiger partial charge in [0, 0.05) is 24.9 Å².